The maximum absolute atomic E-state index is 15.8. The van der Waals surface area contributed by atoms with Gasteiger partial charge in [0.05, 0.1) is 42.5 Å². The summed E-state index contributed by atoms with van der Waals surface area (Å²) in [5, 5.41) is 3.28. The SMILES string of the molecule is [2H]C([2H])([2H])Oc1cccc(-c2c(C)n(Cc3c(C)cccc3F)c(=O)n(C[C@H](NCCCOC=O)c3ccccc3)c2=O)c1F. The fraction of sp³-hybridized carbons (Fsp3) is 0.281. The van der Waals surface area contributed by atoms with Gasteiger partial charge in [-0.3, -0.25) is 18.7 Å². The Kier molecular flexibility index (Phi) is 8.69. The van der Waals surface area contributed by atoms with Gasteiger partial charge in [0.25, 0.3) is 12.0 Å². The highest BCUT2D eigenvalue weighted by Gasteiger charge is 2.24. The van der Waals surface area contributed by atoms with E-state index in [1.165, 1.54) is 35.8 Å². The molecule has 0 saturated carbocycles. The van der Waals surface area contributed by atoms with Gasteiger partial charge in [-0.2, -0.15) is 0 Å². The van der Waals surface area contributed by atoms with Crippen LogP contribution in [0.3, 0.4) is 0 Å². The number of aromatic nitrogens is 2. The largest absolute Gasteiger partial charge is 0.494 e. The number of methoxy groups -OCH3 is 1. The lowest BCUT2D eigenvalue weighted by atomic mass is 10.0. The van der Waals surface area contributed by atoms with Gasteiger partial charge in [0, 0.05) is 16.8 Å². The van der Waals surface area contributed by atoms with Crippen LogP contribution >= 0.6 is 0 Å². The highest BCUT2D eigenvalue weighted by atomic mass is 19.1. The Morgan fingerprint density at radius 1 is 1.00 bits per heavy atom. The van der Waals surface area contributed by atoms with Gasteiger partial charge >= 0.3 is 5.69 Å². The number of carbonyl (C=O) groups is 1. The molecule has 8 nitrogen and oxygen atoms in total. The second-order valence-corrected chi connectivity index (χ2v) is 9.74. The smallest absolute Gasteiger partial charge is 0.331 e. The first-order valence-corrected chi connectivity index (χ1v) is 13.3. The first-order valence-electron chi connectivity index (χ1n) is 14.8. The van der Waals surface area contributed by atoms with Crippen LogP contribution in [0.2, 0.25) is 0 Å². The van der Waals surface area contributed by atoms with Crippen molar-refractivity contribution in [3.05, 3.63) is 122 Å². The molecule has 0 fully saturated rings. The number of nitrogens with zero attached hydrogens (tertiary/aromatic N) is 2. The van der Waals surface area contributed by atoms with E-state index in [0.29, 0.717) is 25.0 Å². The molecule has 1 N–H and O–H groups in total. The van der Waals surface area contributed by atoms with E-state index in [9.17, 15) is 18.8 Å². The van der Waals surface area contributed by atoms with Crippen LogP contribution in [0, 0.1) is 25.5 Å². The summed E-state index contributed by atoms with van der Waals surface area (Å²) in [4.78, 5) is 38.7. The maximum atomic E-state index is 15.8. The third kappa shape index (κ3) is 6.49. The Morgan fingerprint density at radius 2 is 1.76 bits per heavy atom. The minimum absolute atomic E-state index is 0.0593. The van der Waals surface area contributed by atoms with Crippen molar-refractivity contribution in [2.45, 2.75) is 39.4 Å². The summed E-state index contributed by atoms with van der Waals surface area (Å²) in [6.07, 6.45) is 0.453. The zero-order valence-corrected chi connectivity index (χ0v) is 23.2. The summed E-state index contributed by atoms with van der Waals surface area (Å²) in [6, 6.07) is 16.7. The van der Waals surface area contributed by atoms with E-state index >= 15 is 4.39 Å². The van der Waals surface area contributed by atoms with Crippen molar-refractivity contribution in [3.63, 3.8) is 0 Å². The molecule has 4 rings (SSSR count). The Hall–Kier alpha value is -4.57. The van der Waals surface area contributed by atoms with Crippen LogP contribution in [0.5, 0.6) is 5.75 Å². The minimum atomic E-state index is -2.96. The van der Waals surface area contributed by atoms with Crippen molar-refractivity contribution in [2.24, 2.45) is 0 Å². The number of hydrogen-bond donors (Lipinski definition) is 1. The number of rotatable bonds is 13. The number of benzene rings is 3. The number of carbonyl (C=O) groups excluding carboxylic acids is 1. The number of hydrogen-bond acceptors (Lipinski definition) is 6. The number of nitrogens with one attached hydrogen (secondary N) is 1. The number of ether oxygens (including phenoxy) is 2. The summed E-state index contributed by atoms with van der Waals surface area (Å²) in [5.74, 6) is -2.25. The van der Waals surface area contributed by atoms with Gasteiger partial charge in [-0.05, 0) is 50.1 Å². The molecule has 0 unspecified atom stereocenters. The van der Waals surface area contributed by atoms with Gasteiger partial charge in [0.15, 0.2) is 11.6 Å². The molecule has 1 atom stereocenters. The average Bonchev–Trinajstić information content (AvgIpc) is 2.99. The predicted molar refractivity (Wildman–Crippen MR) is 156 cm³/mol. The van der Waals surface area contributed by atoms with Crippen molar-refractivity contribution in [1.82, 2.24) is 14.5 Å². The lowest BCUT2D eigenvalue weighted by Crippen LogP contribution is -2.45. The van der Waals surface area contributed by atoms with Crippen LogP contribution in [0.1, 0.15) is 39.0 Å². The fourth-order valence-corrected chi connectivity index (χ4v) is 4.90. The molecule has 42 heavy (non-hydrogen) atoms. The van der Waals surface area contributed by atoms with Gasteiger partial charge in [-0.1, -0.05) is 54.6 Å². The molecule has 0 aliphatic carbocycles. The van der Waals surface area contributed by atoms with Crippen LogP contribution in [0.25, 0.3) is 11.1 Å². The molecule has 0 aliphatic heterocycles. The van der Waals surface area contributed by atoms with Gasteiger partial charge in [-0.15, -0.1) is 0 Å². The fourth-order valence-electron chi connectivity index (χ4n) is 4.90. The molecule has 1 heterocycles. The first kappa shape index (κ1) is 26.3. The Labute approximate surface area is 246 Å². The van der Waals surface area contributed by atoms with E-state index < -0.39 is 41.7 Å². The summed E-state index contributed by atoms with van der Waals surface area (Å²) >= 11 is 0. The molecule has 0 spiro atoms. The quantitative estimate of drug-likeness (QED) is 0.185. The first-order chi connectivity index (χ1) is 21.4. The molecular weight excluding hydrogens is 544 g/mol. The predicted octanol–water partition coefficient (Wildman–Crippen LogP) is 4.52. The van der Waals surface area contributed by atoms with E-state index in [2.05, 4.69) is 5.32 Å². The van der Waals surface area contributed by atoms with Crippen LogP contribution < -0.4 is 21.3 Å². The minimum Gasteiger partial charge on any atom is -0.494 e. The van der Waals surface area contributed by atoms with Crippen molar-refractivity contribution in [3.8, 4) is 16.9 Å². The van der Waals surface area contributed by atoms with Crippen molar-refractivity contribution in [1.29, 1.82) is 0 Å². The van der Waals surface area contributed by atoms with Gasteiger partial charge in [0.1, 0.15) is 5.82 Å². The van der Waals surface area contributed by atoms with Gasteiger partial charge in [-0.25, -0.2) is 13.6 Å². The van der Waals surface area contributed by atoms with E-state index in [1.807, 2.05) is 18.2 Å². The van der Waals surface area contributed by atoms with E-state index in [-0.39, 0.29) is 42.1 Å². The standard InChI is InChI=1S/C32H33F2N3O5/c1-21-10-7-14-26(33)25(21)18-36-22(2)29(24-13-8-15-28(41-3)30(24)34)31(39)37(32(36)40)19-27(23-11-5-4-6-12-23)35-16-9-17-42-20-38/h4-8,10-15,20,27,35H,9,16-19H2,1-3H3/t27-/m0/s1/i3D3. The van der Waals surface area contributed by atoms with Crippen molar-refractivity contribution >= 4 is 6.47 Å². The van der Waals surface area contributed by atoms with E-state index in [1.54, 1.807) is 25.1 Å². The molecule has 1 aromatic heterocycles. The Balaban J connectivity index is 1.92. The molecule has 0 radical (unpaired) electrons. The third-order valence-corrected chi connectivity index (χ3v) is 7.16. The normalized spacial score (nSPS) is 13.1. The Bertz CT molecular complexity index is 1760. The Morgan fingerprint density at radius 3 is 2.48 bits per heavy atom. The van der Waals surface area contributed by atoms with Crippen LogP contribution in [0.4, 0.5) is 8.78 Å². The maximum Gasteiger partial charge on any atom is 0.331 e. The zero-order valence-electron chi connectivity index (χ0n) is 26.2. The number of aryl methyl sites for hydroxylation is 1. The topological polar surface area (TPSA) is 91.6 Å². The lowest BCUT2D eigenvalue weighted by molar-refractivity contribution is -0.128. The van der Waals surface area contributed by atoms with Crippen molar-refractivity contribution in [2.75, 3.05) is 20.2 Å². The van der Waals surface area contributed by atoms with Gasteiger partial charge < -0.3 is 14.8 Å². The van der Waals surface area contributed by atoms with Crippen LogP contribution in [0.15, 0.2) is 76.3 Å². The van der Waals surface area contributed by atoms with Crippen molar-refractivity contribution < 1.29 is 27.2 Å². The van der Waals surface area contributed by atoms with Crippen LogP contribution in [-0.2, 0) is 22.6 Å². The summed E-state index contributed by atoms with van der Waals surface area (Å²) in [7, 11) is -2.96. The molecule has 0 bridgehead atoms. The van der Waals surface area contributed by atoms with Gasteiger partial charge in [0.2, 0.25) is 0 Å². The molecule has 0 saturated heterocycles. The van der Waals surface area contributed by atoms with Crippen LogP contribution in [-0.4, -0.2) is 35.8 Å². The lowest BCUT2D eigenvalue weighted by Gasteiger charge is -2.23. The second kappa shape index (κ2) is 13.9. The summed E-state index contributed by atoms with van der Waals surface area (Å²) in [6.45, 7) is 3.58. The molecule has 3 aromatic carbocycles. The molecule has 4 aromatic rings. The average molecular weight is 581 g/mol. The highest BCUT2D eigenvalue weighted by Crippen LogP contribution is 2.29. The molecule has 0 amide bonds. The third-order valence-electron chi connectivity index (χ3n) is 7.16. The highest BCUT2D eigenvalue weighted by molar-refractivity contribution is 5.67. The monoisotopic (exact) mass is 580 g/mol. The molecule has 220 valence electrons. The second-order valence-electron chi connectivity index (χ2n) is 9.74. The molecule has 0 aliphatic rings. The molecule has 10 heteroatoms. The van der Waals surface area contributed by atoms with E-state index in [4.69, 9.17) is 13.6 Å². The zero-order chi connectivity index (χ0) is 32.7. The molecular formula is C32H33F2N3O5. The number of halogens is 2. The van der Waals surface area contributed by atoms with E-state index in [0.717, 1.165) is 16.2 Å². The summed E-state index contributed by atoms with van der Waals surface area (Å²) < 4.78 is 64.8. The summed E-state index contributed by atoms with van der Waals surface area (Å²) in [5.41, 5.74) is -0.456.